The van der Waals surface area contributed by atoms with Crippen LogP contribution in [-0.2, 0) is 14.3 Å². The first-order valence-corrected chi connectivity index (χ1v) is 8.45. The Hall–Kier alpha value is -1.88. The largest absolute Gasteiger partial charge is 0.453 e. The zero-order valence-corrected chi connectivity index (χ0v) is 13.1. The van der Waals surface area contributed by atoms with Crippen LogP contribution in [0.25, 0.3) is 0 Å². The van der Waals surface area contributed by atoms with Gasteiger partial charge in [0.05, 0.1) is 30.7 Å². The summed E-state index contributed by atoms with van der Waals surface area (Å²) in [6.45, 7) is 1.25. The maximum atomic E-state index is 12.8. The molecule has 122 valence electrons. The molecular weight excluding hydrogens is 294 g/mol. The number of rotatable bonds is 2. The van der Waals surface area contributed by atoms with E-state index in [0.29, 0.717) is 18.7 Å². The zero-order chi connectivity index (χ0) is 15.8. The normalized spacial score (nSPS) is 29.7. The summed E-state index contributed by atoms with van der Waals surface area (Å²) < 4.78 is 11.2. The molecule has 3 atom stereocenters. The van der Waals surface area contributed by atoms with Crippen molar-refractivity contribution in [2.75, 3.05) is 13.2 Å². The average Bonchev–Trinajstić information content (AvgIpc) is 2.91. The molecule has 0 spiro atoms. The van der Waals surface area contributed by atoms with Crippen molar-refractivity contribution in [3.63, 3.8) is 0 Å². The number of cyclic esters (lactones) is 1. The van der Waals surface area contributed by atoms with Crippen molar-refractivity contribution >= 4 is 11.9 Å². The number of ether oxygens (including phenoxy) is 2. The number of carbonyl (C=O) groups is 2. The molecule has 0 unspecified atom stereocenters. The van der Waals surface area contributed by atoms with E-state index in [0.717, 1.165) is 24.8 Å². The van der Waals surface area contributed by atoms with Gasteiger partial charge in [-0.2, -0.15) is 0 Å². The predicted molar refractivity (Wildman–Crippen MR) is 82.9 cm³/mol. The summed E-state index contributed by atoms with van der Waals surface area (Å²) in [6, 6.07) is 7.52. The molecule has 4 rings (SSSR count). The first-order valence-electron chi connectivity index (χ1n) is 8.45. The fraction of sp³-hybridized carbons (Fsp3) is 0.556. The van der Waals surface area contributed by atoms with Gasteiger partial charge in [0.2, 0.25) is 5.91 Å². The summed E-state index contributed by atoms with van der Waals surface area (Å²) in [6.07, 6.45) is 4.34. The van der Waals surface area contributed by atoms with Crippen molar-refractivity contribution < 1.29 is 19.1 Å². The van der Waals surface area contributed by atoms with Crippen LogP contribution in [0, 0.1) is 0 Å². The Kier molecular flexibility index (Phi) is 3.81. The Morgan fingerprint density at radius 2 is 2.04 bits per heavy atom. The maximum absolute atomic E-state index is 12.8. The lowest BCUT2D eigenvalue weighted by Crippen LogP contribution is -2.55. The van der Waals surface area contributed by atoms with E-state index >= 15 is 0 Å². The molecule has 1 aliphatic carbocycles. The van der Waals surface area contributed by atoms with Crippen LogP contribution in [0.4, 0.5) is 0 Å². The lowest BCUT2D eigenvalue weighted by atomic mass is 9.89. The number of carbonyl (C=O) groups excluding carboxylic acids is 2. The number of nitrogens with zero attached hydrogens (tertiary/aromatic N) is 1. The van der Waals surface area contributed by atoms with Crippen LogP contribution < -0.4 is 0 Å². The molecule has 1 aromatic carbocycles. The second-order valence-electron chi connectivity index (χ2n) is 6.53. The van der Waals surface area contributed by atoms with Crippen molar-refractivity contribution in [2.45, 2.75) is 50.4 Å². The van der Waals surface area contributed by atoms with E-state index < -0.39 is 6.10 Å². The number of morpholine rings is 1. The fourth-order valence-corrected chi connectivity index (χ4v) is 4.05. The van der Waals surface area contributed by atoms with Crippen LogP contribution in [0.2, 0.25) is 0 Å². The van der Waals surface area contributed by atoms with Crippen molar-refractivity contribution in [3.8, 4) is 0 Å². The van der Waals surface area contributed by atoms with Crippen LogP contribution in [0.15, 0.2) is 24.3 Å². The van der Waals surface area contributed by atoms with Crippen molar-refractivity contribution in [1.29, 1.82) is 0 Å². The number of hydrogen-bond donors (Lipinski definition) is 0. The topological polar surface area (TPSA) is 55.8 Å². The molecular formula is C18H21NO4. The van der Waals surface area contributed by atoms with Crippen molar-refractivity contribution in [2.24, 2.45) is 0 Å². The summed E-state index contributed by atoms with van der Waals surface area (Å²) in [7, 11) is 0. The number of hydrogen-bond acceptors (Lipinski definition) is 4. The molecule has 5 heteroatoms. The van der Waals surface area contributed by atoms with Crippen LogP contribution in [0.5, 0.6) is 0 Å². The first kappa shape index (κ1) is 14.7. The van der Waals surface area contributed by atoms with Gasteiger partial charge in [0.25, 0.3) is 0 Å². The molecule has 5 nitrogen and oxygen atoms in total. The Labute approximate surface area is 135 Å². The van der Waals surface area contributed by atoms with Gasteiger partial charge in [-0.1, -0.05) is 31.0 Å². The molecule has 2 heterocycles. The number of amides is 1. The molecule has 23 heavy (non-hydrogen) atoms. The minimum absolute atomic E-state index is 0.0692. The minimum atomic E-state index is -0.448. The summed E-state index contributed by atoms with van der Waals surface area (Å²) in [5.74, 6) is -0.254. The highest BCUT2D eigenvalue weighted by molar-refractivity contribution is 5.94. The molecule has 1 amide bonds. The second kappa shape index (κ2) is 5.96. The predicted octanol–water partition coefficient (Wildman–Crippen LogP) is 2.46. The van der Waals surface area contributed by atoms with E-state index in [1.54, 1.807) is 6.07 Å². The molecule has 0 aromatic heterocycles. The third-order valence-corrected chi connectivity index (χ3v) is 5.19. The van der Waals surface area contributed by atoms with Gasteiger partial charge in [0.1, 0.15) is 6.10 Å². The van der Waals surface area contributed by atoms with Crippen molar-refractivity contribution in [1.82, 2.24) is 4.90 Å². The standard InChI is InChI=1S/C18H21NO4/c20-17(19-9-10-22-15-8-4-3-7-14(15)19)11-16-12-5-1-2-6-13(12)18(21)23-16/h1-2,5-6,14-16H,3-4,7-11H2/t14-,15+,16+/m0/s1. The molecule has 2 aliphatic heterocycles. The van der Waals surface area contributed by atoms with Crippen molar-refractivity contribution in [3.05, 3.63) is 35.4 Å². The molecule has 3 aliphatic rings. The van der Waals surface area contributed by atoms with Gasteiger partial charge in [0, 0.05) is 12.1 Å². The van der Waals surface area contributed by atoms with E-state index in [1.807, 2.05) is 23.1 Å². The molecule has 0 radical (unpaired) electrons. The molecule has 1 aromatic rings. The van der Waals surface area contributed by atoms with E-state index in [1.165, 1.54) is 6.42 Å². The molecule has 0 bridgehead atoms. The minimum Gasteiger partial charge on any atom is -0.453 e. The van der Waals surface area contributed by atoms with Crippen LogP contribution >= 0.6 is 0 Å². The van der Waals surface area contributed by atoms with Crippen LogP contribution in [0.1, 0.15) is 54.1 Å². The lowest BCUT2D eigenvalue weighted by molar-refractivity contribution is -0.151. The highest BCUT2D eigenvalue weighted by Crippen LogP contribution is 2.35. The van der Waals surface area contributed by atoms with E-state index in [-0.39, 0.29) is 30.4 Å². The quantitative estimate of drug-likeness (QED) is 0.787. The van der Waals surface area contributed by atoms with Gasteiger partial charge in [-0.05, 0) is 18.9 Å². The summed E-state index contributed by atoms with van der Waals surface area (Å²) in [5.41, 5.74) is 1.42. The third kappa shape index (κ3) is 2.63. The number of benzene rings is 1. The second-order valence-corrected chi connectivity index (χ2v) is 6.53. The van der Waals surface area contributed by atoms with E-state index in [9.17, 15) is 9.59 Å². The highest BCUT2D eigenvalue weighted by atomic mass is 16.5. The van der Waals surface area contributed by atoms with Crippen LogP contribution in [0.3, 0.4) is 0 Å². The fourth-order valence-electron chi connectivity index (χ4n) is 4.05. The molecule has 1 saturated heterocycles. The molecule has 1 saturated carbocycles. The van der Waals surface area contributed by atoms with Gasteiger partial charge in [-0.25, -0.2) is 4.79 Å². The Bertz CT molecular complexity index is 627. The Morgan fingerprint density at radius 1 is 1.22 bits per heavy atom. The van der Waals surface area contributed by atoms with Gasteiger partial charge in [0.15, 0.2) is 0 Å². The third-order valence-electron chi connectivity index (χ3n) is 5.19. The molecule has 0 N–H and O–H groups in total. The number of esters is 1. The summed E-state index contributed by atoms with van der Waals surface area (Å²) in [4.78, 5) is 26.7. The SMILES string of the molecule is O=C1O[C@H](CC(=O)N2CCO[C@@H]3CCCC[C@@H]32)c2ccccc21. The smallest absolute Gasteiger partial charge is 0.339 e. The number of fused-ring (bicyclic) bond motifs is 2. The first-order chi connectivity index (χ1) is 11.2. The van der Waals surface area contributed by atoms with E-state index in [4.69, 9.17) is 9.47 Å². The maximum Gasteiger partial charge on any atom is 0.339 e. The zero-order valence-electron chi connectivity index (χ0n) is 13.1. The Balaban J connectivity index is 1.49. The Morgan fingerprint density at radius 3 is 2.96 bits per heavy atom. The summed E-state index contributed by atoms with van der Waals surface area (Å²) in [5, 5.41) is 0. The average molecular weight is 315 g/mol. The molecule has 2 fully saturated rings. The van der Waals surface area contributed by atoms with Crippen LogP contribution in [-0.4, -0.2) is 42.1 Å². The van der Waals surface area contributed by atoms with Gasteiger partial charge in [-0.15, -0.1) is 0 Å². The lowest BCUT2D eigenvalue weighted by Gasteiger charge is -2.44. The summed E-state index contributed by atoms with van der Waals surface area (Å²) >= 11 is 0. The van der Waals surface area contributed by atoms with Gasteiger partial charge in [-0.3, -0.25) is 4.79 Å². The van der Waals surface area contributed by atoms with Gasteiger partial charge >= 0.3 is 5.97 Å². The van der Waals surface area contributed by atoms with Gasteiger partial charge < -0.3 is 14.4 Å². The monoisotopic (exact) mass is 315 g/mol. The highest BCUT2D eigenvalue weighted by Gasteiger charge is 2.39. The van der Waals surface area contributed by atoms with E-state index in [2.05, 4.69) is 0 Å².